The molecule has 0 radical (unpaired) electrons. The van der Waals surface area contributed by atoms with E-state index >= 15 is 0 Å². The molecular formula is C19H27N3O6. The molecule has 0 unspecified atom stereocenters. The highest BCUT2D eigenvalue weighted by atomic mass is 16.6. The lowest BCUT2D eigenvalue weighted by Gasteiger charge is -2.34. The summed E-state index contributed by atoms with van der Waals surface area (Å²) < 4.78 is 5.07. The Morgan fingerprint density at radius 3 is 2.75 bits per heavy atom. The number of carbonyl (C=O) groups excluding carboxylic acids is 2. The van der Waals surface area contributed by atoms with E-state index in [-0.39, 0.29) is 30.4 Å². The van der Waals surface area contributed by atoms with Crippen LogP contribution >= 0.6 is 0 Å². The van der Waals surface area contributed by atoms with E-state index in [2.05, 4.69) is 24.5 Å². The van der Waals surface area contributed by atoms with Crippen molar-refractivity contribution in [1.29, 1.82) is 0 Å². The van der Waals surface area contributed by atoms with E-state index in [0.29, 0.717) is 17.5 Å². The van der Waals surface area contributed by atoms with Crippen LogP contribution in [-0.4, -0.2) is 47.7 Å². The number of esters is 1. The van der Waals surface area contributed by atoms with Crippen molar-refractivity contribution in [2.24, 2.45) is 11.8 Å². The van der Waals surface area contributed by atoms with Gasteiger partial charge in [-0.05, 0) is 24.3 Å². The number of ether oxygens (including phenoxy) is 1. The Balaban J connectivity index is 2.00. The predicted octanol–water partition coefficient (Wildman–Crippen LogP) is 2.10. The number of rotatable bonds is 8. The van der Waals surface area contributed by atoms with Crippen molar-refractivity contribution >= 4 is 23.3 Å². The Labute approximate surface area is 163 Å². The number of carbonyl (C=O) groups is 2. The first-order chi connectivity index (χ1) is 13.3. The van der Waals surface area contributed by atoms with Crippen molar-refractivity contribution in [2.75, 3.05) is 25.1 Å². The Morgan fingerprint density at radius 1 is 1.32 bits per heavy atom. The number of hydrogen-bond acceptors (Lipinski definition) is 7. The minimum absolute atomic E-state index is 0.0505. The molecule has 3 N–H and O–H groups in total. The van der Waals surface area contributed by atoms with Crippen LogP contribution in [0, 0.1) is 22.0 Å². The molecule has 0 bridgehead atoms. The average Bonchev–Trinajstić information content (AvgIpc) is 2.67. The van der Waals surface area contributed by atoms with E-state index in [9.17, 15) is 19.7 Å². The maximum Gasteiger partial charge on any atom is 0.341 e. The van der Waals surface area contributed by atoms with Crippen LogP contribution in [-0.2, 0) is 9.53 Å². The van der Waals surface area contributed by atoms with Crippen LogP contribution in [0.3, 0.4) is 0 Å². The van der Waals surface area contributed by atoms with Gasteiger partial charge in [0.1, 0.15) is 0 Å². The van der Waals surface area contributed by atoms with Crippen LogP contribution in [0.2, 0.25) is 0 Å². The van der Waals surface area contributed by atoms with Gasteiger partial charge in [-0.1, -0.05) is 26.7 Å². The molecule has 28 heavy (non-hydrogen) atoms. The van der Waals surface area contributed by atoms with Gasteiger partial charge in [-0.2, -0.15) is 0 Å². The molecule has 0 saturated heterocycles. The minimum Gasteiger partial charge on any atom is -0.452 e. The van der Waals surface area contributed by atoms with Gasteiger partial charge in [0.2, 0.25) is 0 Å². The molecule has 9 nitrogen and oxygen atoms in total. The van der Waals surface area contributed by atoms with Gasteiger partial charge >= 0.3 is 5.97 Å². The average molecular weight is 393 g/mol. The zero-order chi connectivity index (χ0) is 20.7. The first kappa shape index (κ1) is 21.6. The van der Waals surface area contributed by atoms with Gasteiger partial charge in [0.15, 0.2) is 6.61 Å². The van der Waals surface area contributed by atoms with Crippen LogP contribution in [0.25, 0.3) is 0 Å². The molecule has 2 rings (SSSR count). The highest BCUT2D eigenvalue weighted by molar-refractivity contribution is 5.97. The summed E-state index contributed by atoms with van der Waals surface area (Å²) in [4.78, 5) is 34.9. The third-order valence-corrected chi connectivity index (χ3v) is 5.25. The molecule has 1 aliphatic rings. The minimum atomic E-state index is -0.843. The van der Waals surface area contributed by atoms with E-state index in [4.69, 9.17) is 9.84 Å². The molecule has 1 saturated carbocycles. The van der Waals surface area contributed by atoms with E-state index in [1.54, 1.807) is 0 Å². The number of nitrogens with zero attached hydrogens (tertiary/aromatic N) is 1. The summed E-state index contributed by atoms with van der Waals surface area (Å²) in [6.45, 7) is 3.79. The van der Waals surface area contributed by atoms with Crippen LogP contribution in [0.1, 0.15) is 43.5 Å². The normalized spacial score (nSPS) is 21.6. The van der Waals surface area contributed by atoms with E-state index in [0.717, 1.165) is 25.3 Å². The second-order valence-electron chi connectivity index (χ2n) is 7.15. The molecule has 1 aromatic rings. The van der Waals surface area contributed by atoms with Crippen molar-refractivity contribution in [1.82, 2.24) is 5.32 Å². The lowest BCUT2D eigenvalue weighted by atomic mass is 9.78. The predicted molar refractivity (Wildman–Crippen MR) is 103 cm³/mol. The van der Waals surface area contributed by atoms with E-state index < -0.39 is 23.4 Å². The molecule has 0 aliphatic heterocycles. The second-order valence-corrected chi connectivity index (χ2v) is 7.15. The molecule has 1 amide bonds. The van der Waals surface area contributed by atoms with Crippen molar-refractivity contribution in [3.05, 3.63) is 33.9 Å². The first-order valence-corrected chi connectivity index (χ1v) is 9.43. The van der Waals surface area contributed by atoms with Gasteiger partial charge < -0.3 is 20.5 Å². The highest BCUT2D eigenvalue weighted by Crippen LogP contribution is 2.29. The van der Waals surface area contributed by atoms with Gasteiger partial charge in [0.05, 0.1) is 17.1 Å². The van der Waals surface area contributed by atoms with Gasteiger partial charge in [-0.25, -0.2) is 4.79 Å². The fourth-order valence-corrected chi connectivity index (χ4v) is 3.40. The van der Waals surface area contributed by atoms with Gasteiger partial charge in [-0.15, -0.1) is 0 Å². The summed E-state index contributed by atoms with van der Waals surface area (Å²) >= 11 is 0. The summed E-state index contributed by atoms with van der Waals surface area (Å²) in [6, 6.07) is 3.75. The zero-order valence-corrected chi connectivity index (χ0v) is 16.1. The zero-order valence-electron chi connectivity index (χ0n) is 16.1. The summed E-state index contributed by atoms with van der Waals surface area (Å²) in [5.74, 6) is -0.370. The number of aliphatic hydroxyl groups is 1. The molecule has 1 aromatic carbocycles. The number of aliphatic hydroxyl groups excluding tert-OH is 1. The number of benzene rings is 1. The van der Waals surface area contributed by atoms with Gasteiger partial charge in [-0.3, -0.25) is 14.9 Å². The number of nitro benzene ring substituents is 1. The largest absolute Gasteiger partial charge is 0.452 e. The molecule has 0 heterocycles. The monoisotopic (exact) mass is 393 g/mol. The lowest BCUT2D eigenvalue weighted by Crippen LogP contribution is -2.45. The van der Waals surface area contributed by atoms with Crippen molar-refractivity contribution < 1.29 is 24.4 Å². The van der Waals surface area contributed by atoms with Crippen molar-refractivity contribution in [2.45, 2.75) is 39.2 Å². The molecule has 0 aromatic heterocycles. The lowest BCUT2D eigenvalue weighted by molar-refractivity contribution is -0.384. The Bertz CT molecular complexity index is 724. The molecule has 9 heteroatoms. The number of anilines is 1. The fraction of sp³-hybridized carbons (Fsp3) is 0.579. The Hall–Kier alpha value is -2.68. The van der Waals surface area contributed by atoms with Crippen molar-refractivity contribution in [3.63, 3.8) is 0 Å². The van der Waals surface area contributed by atoms with Crippen molar-refractivity contribution in [3.8, 4) is 0 Å². The van der Waals surface area contributed by atoms with E-state index in [1.165, 1.54) is 12.1 Å². The highest BCUT2D eigenvalue weighted by Gasteiger charge is 2.28. The number of non-ortho nitro benzene ring substituents is 1. The number of nitro groups is 1. The molecule has 0 spiro atoms. The van der Waals surface area contributed by atoms with Crippen LogP contribution in [0.5, 0.6) is 0 Å². The van der Waals surface area contributed by atoms with Crippen LogP contribution in [0.4, 0.5) is 11.4 Å². The first-order valence-electron chi connectivity index (χ1n) is 9.43. The summed E-state index contributed by atoms with van der Waals surface area (Å²) in [5.41, 5.74) is -0.0362. The Kier molecular flexibility index (Phi) is 7.74. The van der Waals surface area contributed by atoms with Crippen LogP contribution < -0.4 is 10.6 Å². The number of amides is 1. The third-order valence-electron chi connectivity index (χ3n) is 5.25. The van der Waals surface area contributed by atoms with E-state index in [1.807, 2.05) is 0 Å². The summed E-state index contributed by atoms with van der Waals surface area (Å²) in [6.07, 6.45) is 3.08. The summed E-state index contributed by atoms with van der Waals surface area (Å²) in [7, 11) is 0. The molecule has 3 atom stereocenters. The van der Waals surface area contributed by atoms with Gasteiger partial charge in [0, 0.05) is 30.4 Å². The maximum absolute atomic E-state index is 12.4. The molecule has 1 aliphatic carbocycles. The SMILES string of the molecule is C[C@@H]1[C@@H](C)CCC[C@H]1NC(=O)COC(=O)c1cc([N+](=O)[O-])ccc1NCCO. The Morgan fingerprint density at radius 2 is 2.07 bits per heavy atom. The summed E-state index contributed by atoms with van der Waals surface area (Å²) in [5, 5.41) is 25.6. The quantitative estimate of drug-likeness (QED) is 0.350. The molecule has 154 valence electrons. The maximum atomic E-state index is 12.4. The topological polar surface area (TPSA) is 131 Å². The smallest absolute Gasteiger partial charge is 0.341 e. The fourth-order valence-electron chi connectivity index (χ4n) is 3.40. The molecule has 1 fully saturated rings. The third kappa shape index (κ3) is 5.66. The number of hydrogen-bond donors (Lipinski definition) is 3. The standard InChI is InChI=1S/C19H27N3O6/c1-12-4-3-5-16(13(12)2)21-18(24)11-28-19(25)15-10-14(22(26)27)6-7-17(15)20-8-9-23/h6-7,10,12-13,16,20,23H,3-5,8-9,11H2,1-2H3,(H,21,24)/t12-,13+,16+/m0/s1. The molecular weight excluding hydrogens is 366 g/mol. The second kappa shape index (κ2) is 10.0. The number of nitrogens with one attached hydrogen (secondary N) is 2. The van der Waals surface area contributed by atoms with Gasteiger partial charge in [0.25, 0.3) is 11.6 Å². The van der Waals surface area contributed by atoms with Crippen LogP contribution in [0.15, 0.2) is 18.2 Å².